The number of thiazole rings is 1. The molecule has 0 spiro atoms. The molecule has 24 heavy (non-hydrogen) atoms. The molecule has 1 fully saturated rings. The van der Waals surface area contributed by atoms with Gasteiger partial charge in [0, 0.05) is 17.5 Å². The average molecular weight is 346 g/mol. The van der Waals surface area contributed by atoms with E-state index in [-0.39, 0.29) is 5.91 Å². The topological polar surface area (TPSA) is 71.5 Å². The van der Waals surface area contributed by atoms with Gasteiger partial charge in [0.2, 0.25) is 0 Å². The summed E-state index contributed by atoms with van der Waals surface area (Å²) in [5.74, 6) is 0.533. The number of nitrogens with one attached hydrogen (secondary N) is 1. The highest BCUT2D eigenvalue weighted by atomic mass is 32.1. The fraction of sp³-hybridized carbons (Fsp3) is 0.444. The first-order valence-corrected chi connectivity index (χ1v) is 9.19. The number of carbonyl (C=O) groups is 1. The van der Waals surface area contributed by atoms with Gasteiger partial charge in [-0.25, -0.2) is 4.98 Å². The van der Waals surface area contributed by atoms with Crippen LogP contribution in [0.25, 0.3) is 0 Å². The van der Waals surface area contributed by atoms with Gasteiger partial charge in [-0.15, -0.1) is 11.3 Å². The van der Waals surface area contributed by atoms with Crippen molar-refractivity contribution in [2.45, 2.75) is 44.3 Å². The largest absolute Gasteiger partial charge is 0.487 e. The number of rotatable bonds is 6. The van der Waals surface area contributed by atoms with Crippen LogP contribution in [0.4, 0.5) is 0 Å². The van der Waals surface area contributed by atoms with Crippen molar-refractivity contribution in [2.24, 2.45) is 0 Å². The van der Waals surface area contributed by atoms with Gasteiger partial charge in [0.1, 0.15) is 12.4 Å². The number of amides is 1. The maximum Gasteiger partial charge on any atom is 0.251 e. The summed E-state index contributed by atoms with van der Waals surface area (Å²) in [5.41, 5.74) is 2.48. The zero-order chi connectivity index (χ0) is 16.8. The molecule has 5 nitrogen and oxygen atoms in total. The fourth-order valence-corrected chi connectivity index (χ4v) is 3.45. The van der Waals surface area contributed by atoms with Crippen LogP contribution in [0.2, 0.25) is 0 Å². The molecule has 0 bridgehead atoms. The molecule has 3 rings (SSSR count). The summed E-state index contributed by atoms with van der Waals surface area (Å²) in [6.07, 6.45) is 4.74. The second-order valence-electron chi connectivity index (χ2n) is 6.26. The van der Waals surface area contributed by atoms with E-state index >= 15 is 0 Å². The molecule has 128 valence electrons. The van der Waals surface area contributed by atoms with Crippen molar-refractivity contribution in [1.29, 1.82) is 0 Å². The molecule has 2 N–H and O–H groups in total. The summed E-state index contributed by atoms with van der Waals surface area (Å²) < 4.78 is 5.63. The highest BCUT2D eigenvalue weighted by molar-refractivity contribution is 7.07. The van der Waals surface area contributed by atoms with Crippen LogP contribution >= 0.6 is 11.3 Å². The highest BCUT2D eigenvalue weighted by Crippen LogP contribution is 2.27. The molecule has 6 heteroatoms. The van der Waals surface area contributed by atoms with Crippen LogP contribution in [-0.4, -0.2) is 28.1 Å². The molecule has 0 atom stereocenters. The molecule has 1 aliphatic carbocycles. The fourth-order valence-electron chi connectivity index (χ4n) is 2.90. The Hall–Kier alpha value is -1.92. The molecule has 1 aliphatic rings. The number of nitrogens with zero attached hydrogens (tertiary/aromatic N) is 1. The van der Waals surface area contributed by atoms with Crippen LogP contribution in [0.15, 0.2) is 35.2 Å². The third-order valence-corrected chi connectivity index (χ3v) is 4.98. The monoisotopic (exact) mass is 346 g/mol. The number of aliphatic hydroxyl groups is 1. The van der Waals surface area contributed by atoms with Gasteiger partial charge in [0.25, 0.3) is 5.91 Å². The average Bonchev–Trinajstić information content (AvgIpc) is 3.13. The second kappa shape index (κ2) is 7.77. The van der Waals surface area contributed by atoms with Gasteiger partial charge >= 0.3 is 0 Å². The van der Waals surface area contributed by atoms with E-state index in [1.165, 1.54) is 17.8 Å². The normalized spacial score (nSPS) is 16.5. The molecular formula is C18H22N2O3S. The van der Waals surface area contributed by atoms with Gasteiger partial charge < -0.3 is 15.2 Å². The molecule has 0 radical (unpaired) electrons. The Bertz CT molecular complexity index is 649. The van der Waals surface area contributed by atoms with E-state index in [2.05, 4.69) is 10.3 Å². The van der Waals surface area contributed by atoms with Crippen LogP contribution in [0.1, 0.15) is 48.2 Å². The number of hydrogen-bond donors (Lipinski definition) is 2. The third-order valence-electron chi connectivity index (χ3n) is 4.35. The minimum Gasteiger partial charge on any atom is -0.487 e. The van der Waals surface area contributed by atoms with E-state index in [0.29, 0.717) is 24.5 Å². The van der Waals surface area contributed by atoms with Gasteiger partial charge in [-0.05, 0) is 37.1 Å². The number of ether oxygens (including phenoxy) is 1. The van der Waals surface area contributed by atoms with Crippen LogP contribution in [0.3, 0.4) is 0 Å². The lowest BCUT2D eigenvalue weighted by molar-refractivity contribution is 0.00525. The van der Waals surface area contributed by atoms with E-state index in [1.807, 2.05) is 5.38 Å². The maximum atomic E-state index is 12.2. The lowest BCUT2D eigenvalue weighted by atomic mass is 9.85. The van der Waals surface area contributed by atoms with Crippen LogP contribution in [-0.2, 0) is 6.61 Å². The van der Waals surface area contributed by atoms with Crippen molar-refractivity contribution < 1.29 is 14.6 Å². The minimum atomic E-state index is -0.746. The van der Waals surface area contributed by atoms with Gasteiger partial charge in [0.15, 0.2) is 0 Å². The van der Waals surface area contributed by atoms with Crippen LogP contribution in [0.5, 0.6) is 5.75 Å². The second-order valence-corrected chi connectivity index (χ2v) is 6.98. The Labute approximate surface area is 145 Å². The predicted octanol–water partition coefficient (Wildman–Crippen LogP) is 3.15. The van der Waals surface area contributed by atoms with E-state index in [4.69, 9.17) is 4.74 Å². The van der Waals surface area contributed by atoms with Gasteiger partial charge in [-0.2, -0.15) is 0 Å². The van der Waals surface area contributed by atoms with Crippen molar-refractivity contribution >= 4 is 17.2 Å². The third kappa shape index (κ3) is 4.55. The predicted molar refractivity (Wildman–Crippen MR) is 93.3 cm³/mol. The zero-order valence-electron chi connectivity index (χ0n) is 13.5. The molecule has 0 saturated heterocycles. The minimum absolute atomic E-state index is 0.167. The van der Waals surface area contributed by atoms with E-state index < -0.39 is 5.60 Å². The first-order valence-electron chi connectivity index (χ1n) is 8.25. The molecular weight excluding hydrogens is 324 g/mol. The van der Waals surface area contributed by atoms with Gasteiger partial charge in [-0.1, -0.05) is 19.3 Å². The Balaban J connectivity index is 1.50. The molecule has 1 heterocycles. The zero-order valence-corrected chi connectivity index (χ0v) is 14.3. The van der Waals surface area contributed by atoms with Gasteiger partial charge in [0.05, 0.1) is 16.8 Å². The van der Waals surface area contributed by atoms with Crippen molar-refractivity contribution in [1.82, 2.24) is 10.3 Å². The smallest absolute Gasteiger partial charge is 0.251 e. The Kier molecular flexibility index (Phi) is 5.48. The lowest BCUT2D eigenvalue weighted by Crippen LogP contribution is -2.44. The Morgan fingerprint density at radius 2 is 2.00 bits per heavy atom. The van der Waals surface area contributed by atoms with Crippen LogP contribution < -0.4 is 10.1 Å². The lowest BCUT2D eigenvalue weighted by Gasteiger charge is -2.32. The summed E-state index contributed by atoms with van der Waals surface area (Å²) in [6, 6.07) is 7.01. The Morgan fingerprint density at radius 1 is 1.25 bits per heavy atom. The highest BCUT2D eigenvalue weighted by Gasteiger charge is 2.29. The van der Waals surface area contributed by atoms with Gasteiger partial charge in [-0.3, -0.25) is 4.79 Å². The number of hydrogen-bond acceptors (Lipinski definition) is 5. The van der Waals surface area contributed by atoms with E-state index in [1.54, 1.807) is 29.8 Å². The summed E-state index contributed by atoms with van der Waals surface area (Å²) in [7, 11) is 0. The molecule has 1 aromatic heterocycles. The molecule has 1 aromatic carbocycles. The van der Waals surface area contributed by atoms with E-state index in [0.717, 1.165) is 31.4 Å². The number of benzene rings is 1. The molecule has 1 amide bonds. The quantitative estimate of drug-likeness (QED) is 0.843. The van der Waals surface area contributed by atoms with Crippen molar-refractivity contribution in [3.63, 3.8) is 0 Å². The number of aromatic nitrogens is 1. The first-order chi connectivity index (χ1) is 11.6. The molecule has 2 aromatic rings. The molecule has 0 unspecified atom stereocenters. The van der Waals surface area contributed by atoms with Crippen molar-refractivity contribution in [3.8, 4) is 5.75 Å². The summed E-state index contributed by atoms with van der Waals surface area (Å²) >= 11 is 1.53. The summed E-state index contributed by atoms with van der Waals surface area (Å²) in [5, 5.41) is 15.2. The van der Waals surface area contributed by atoms with E-state index in [9.17, 15) is 9.90 Å². The summed E-state index contributed by atoms with van der Waals surface area (Å²) in [4.78, 5) is 16.4. The number of carbonyl (C=O) groups excluding carboxylic acids is 1. The molecule has 0 aliphatic heterocycles. The standard InChI is InChI=1S/C18H22N2O3S/c21-17(19-12-18(22)8-2-1-3-9-18)14-4-6-16(7-5-14)23-10-15-11-24-13-20-15/h4-7,11,13,22H,1-3,8-10,12H2,(H,19,21). The van der Waals surface area contributed by atoms with Crippen LogP contribution in [0, 0.1) is 0 Å². The van der Waals surface area contributed by atoms with Crippen molar-refractivity contribution in [3.05, 3.63) is 46.4 Å². The molecule has 1 saturated carbocycles. The Morgan fingerprint density at radius 3 is 2.67 bits per heavy atom. The summed E-state index contributed by atoms with van der Waals surface area (Å²) in [6.45, 7) is 0.732. The van der Waals surface area contributed by atoms with Crippen molar-refractivity contribution in [2.75, 3.05) is 6.54 Å². The SMILES string of the molecule is O=C(NCC1(O)CCCCC1)c1ccc(OCc2cscn2)cc1. The maximum absolute atomic E-state index is 12.2. The first kappa shape index (κ1) is 16.9.